The average Bonchev–Trinajstić information content (AvgIpc) is 3.88. The number of morpholine rings is 2. The Balaban J connectivity index is 1.19. The number of hydrogen-bond donors (Lipinski definition) is 0. The Kier molecular flexibility index (Phi) is 6.22. The van der Waals surface area contributed by atoms with Gasteiger partial charge in [0.2, 0.25) is 5.95 Å². The van der Waals surface area contributed by atoms with Gasteiger partial charge in [-0.15, -0.1) is 0 Å². The van der Waals surface area contributed by atoms with Gasteiger partial charge in [0, 0.05) is 69.3 Å². The van der Waals surface area contributed by atoms with Gasteiger partial charge in [-0.3, -0.25) is 14.9 Å². The largest absolute Gasteiger partial charge is 0.496 e. The first kappa shape index (κ1) is 27.0. The van der Waals surface area contributed by atoms with Gasteiger partial charge in [0.05, 0.1) is 73.6 Å². The molecule has 5 aromatic rings. The summed E-state index contributed by atoms with van der Waals surface area (Å²) in [4.78, 5) is 27.2. The van der Waals surface area contributed by atoms with Crippen molar-refractivity contribution in [3.8, 4) is 22.8 Å². The zero-order chi connectivity index (χ0) is 30.2. The van der Waals surface area contributed by atoms with Gasteiger partial charge in [0.1, 0.15) is 11.3 Å². The molecule has 3 atom stereocenters. The van der Waals surface area contributed by atoms with E-state index in [9.17, 15) is 0 Å². The van der Waals surface area contributed by atoms with Crippen molar-refractivity contribution in [2.75, 3.05) is 69.5 Å². The third-order valence-electron chi connectivity index (χ3n) is 9.96. The Morgan fingerprint density at radius 3 is 2.76 bits per heavy atom. The molecule has 2 bridgehead atoms. The zero-order valence-corrected chi connectivity index (χ0v) is 25.8. The molecule has 9 heterocycles. The molecule has 0 aromatic carbocycles. The van der Waals surface area contributed by atoms with Crippen molar-refractivity contribution < 1.29 is 14.2 Å². The summed E-state index contributed by atoms with van der Waals surface area (Å²) in [6.07, 6.45) is 6.63. The number of anilines is 2. The van der Waals surface area contributed by atoms with Crippen LogP contribution in [-0.4, -0.2) is 117 Å². The lowest BCUT2D eigenvalue weighted by molar-refractivity contribution is -0.0119. The maximum atomic E-state index is 5.98. The van der Waals surface area contributed by atoms with Crippen LogP contribution >= 0.6 is 0 Å². The van der Waals surface area contributed by atoms with Gasteiger partial charge in [-0.2, -0.15) is 5.10 Å². The normalized spacial score (nSPS) is 23.4. The molecule has 0 aliphatic carbocycles. The summed E-state index contributed by atoms with van der Waals surface area (Å²) in [6.45, 7) is 8.96. The molecule has 232 valence electrons. The third kappa shape index (κ3) is 4.28. The van der Waals surface area contributed by atoms with Crippen LogP contribution in [0.5, 0.6) is 5.75 Å². The first-order valence-corrected chi connectivity index (χ1v) is 15.7. The van der Waals surface area contributed by atoms with Gasteiger partial charge in [-0.05, 0) is 25.5 Å². The second kappa shape index (κ2) is 10.4. The van der Waals surface area contributed by atoms with Crippen molar-refractivity contribution in [3.05, 3.63) is 42.5 Å². The number of aryl methyl sites for hydroxylation is 2. The lowest BCUT2D eigenvalue weighted by Gasteiger charge is -2.43. The number of fused-ring (bicyclic) bond motifs is 5. The van der Waals surface area contributed by atoms with Crippen LogP contribution in [0.4, 0.5) is 11.8 Å². The Bertz CT molecular complexity index is 1940. The number of piperazine rings is 1. The van der Waals surface area contributed by atoms with Crippen molar-refractivity contribution in [1.29, 1.82) is 0 Å². The van der Waals surface area contributed by atoms with Crippen molar-refractivity contribution in [1.82, 2.24) is 39.2 Å². The predicted octanol–water partition coefficient (Wildman–Crippen LogP) is 2.58. The highest BCUT2D eigenvalue weighted by molar-refractivity contribution is 5.92. The van der Waals surface area contributed by atoms with Crippen molar-refractivity contribution in [2.24, 2.45) is 7.05 Å². The number of aromatic nitrogens is 7. The van der Waals surface area contributed by atoms with E-state index in [0.717, 1.165) is 115 Å². The summed E-state index contributed by atoms with van der Waals surface area (Å²) in [5.41, 5.74) is 5.35. The monoisotopic (exact) mass is 608 g/mol. The van der Waals surface area contributed by atoms with E-state index in [0.29, 0.717) is 18.7 Å². The predicted molar refractivity (Wildman–Crippen MR) is 169 cm³/mol. The number of methoxy groups -OCH3 is 1. The highest BCUT2D eigenvalue weighted by Crippen LogP contribution is 2.38. The zero-order valence-electron chi connectivity index (χ0n) is 25.8. The standard InChI is InChI=1S/C32H36N10O3/c1-19-23-14-34-42(26(23)11-25(35-19)24-13-33-5-4-28(24)43-3)29-12-27-30(31(36-29)41-16-22-10-20(41)18-45-22)37-32(38(27)2)40-7-6-39-8-9-44-17-21(39)15-40/h4-5,11-14,20-22H,6-10,15-18H2,1-3H3/t20-,21+,22-/m1/s1. The third-order valence-corrected chi connectivity index (χ3v) is 9.96. The van der Waals surface area contributed by atoms with E-state index in [1.54, 1.807) is 19.5 Å². The first-order valence-electron chi connectivity index (χ1n) is 15.7. The molecule has 0 saturated carbocycles. The Morgan fingerprint density at radius 2 is 1.91 bits per heavy atom. The molecule has 5 aromatic heterocycles. The smallest absolute Gasteiger partial charge is 0.206 e. The van der Waals surface area contributed by atoms with Gasteiger partial charge in [0.25, 0.3) is 0 Å². The van der Waals surface area contributed by atoms with Gasteiger partial charge < -0.3 is 28.6 Å². The number of hydrogen-bond acceptors (Lipinski definition) is 11. The molecular formula is C32H36N10O3. The molecule has 9 rings (SSSR count). The minimum atomic E-state index is 0.231. The van der Waals surface area contributed by atoms with Crippen LogP contribution in [0.3, 0.4) is 0 Å². The maximum absolute atomic E-state index is 5.98. The molecule has 4 aliphatic rings. The van der Waals surface area contributed by atoms with Crippen LogP contribution in [0.1, 0.15) is 12.1 Å². The summed E-state index contributed by atoms with van der Waals surface area (Å²) in [6, 6.07) is 6.69. The van der Waals surface area contributed by atoms with E-state index in [-0.39, 0.29) is 6.10 Å². The van der Waals surface area contributed by atoms with Crippen LogP contribution in [0, 0.1) is 6.92 Å². The first-order chi connectivity index (χ1) is 22.1. The fourth-order valence-electron chi connectivity index (χ4n) is 7.57. The topological polar surface area (TPSA) is 112 Å². The molecule has 13 heteroatoms. The van der Waals surface area contributed by atoms with Crippen LogP contribution in [-0.2, 0) is 16.5 Å². The average molecular weight is 609 g/mol. The minimum Gasteiger partial charge on any atom is -0.496 e. The van der Waals surface area contributed by atoms with Crippen molar-refractivity contribution >= 4 is 33.7 Å². The molecule has 0 amide bonds. The second-order valence-electron chi connectivity index (χ2n) is 12.5. The van der Waals surface area contributed by atoms with Gasteiger partial charge >= 0.3 is 0 Å². The lowest BCUT2D eigenvalue weighted by atomic mass is 10.1. The Hall–Kier alpha value is -4.33. The van der Waals surface area contributed by atoms with E-state index >= 15 is 0 Å². The summed E-state index contributed by atoms with van der Waals surface area (Å²) in [7, 11) is 3.78. The summed E-state index contributed by atoms with van der Waals surface area (Å²) < 4.78 is 21.6. The Labute approximate surface area is 260 Å². The number of imidazole rings is 1. The number of pyridine rings is 3. The molecule has 4 fully saturated rings. The SMILES string of the molecule is COc1ccncc1-c1cc2c(cnn2-c2cc3c(nc(N4CCN5CCOC[C@@H]5C4)n3C)c(N3C[C@H]4C[C@@H]3CO4)n2)c(C)n1. The summed E-state index contributed by atoms with van der Waals surface area (Å²) >= 11 is 0. The van der Waals surface area contributed by atoms with Gasteiger partial charge in [-0.25, -0.2) is 14.6 Å². The molecule has 13 nitrogen and oxygen atoms in total. The van der Waals surface area contributed by atoms with Crippen LogP contribution in [0.2, 0.25) is 0 Å². The molecule has 4 saturated heterocycles. The van der Waals surface area contributed by atoms with E-state index < -0.39 is 0 Å². The molecule has 0 N–H and O–H groups in total. The summed E-state index contributed by atoms with van der Waals surface area (Å²) in [5.74, 6) is 3.32. The molecule has 0 unspecified atom stereocenters. The number of nitrogens with zero attached hydrogens (tertiary/aromatic N) is 10. The van der Waals surface area contributed by atoms with Crippen molar-refractivity contribution in [3.63, 3.8) is 0 Å². The lowest BCUT2D eigenvalue weighted by Crippen LogP contribution is -2.58. The van der Waals surface area contributed by atoms with E-state index in [2.05, 4.69) is 37.4 Å². The number of rotatable bonds is 5. The second-order valence-corrected chi connectivity index (χ2v) is 12.5. The highest BCUT2D eigenvalue weighted by Gasteiger charge is 2.41. The van der Waals surface area contributed by atoms with E-state index in [4.69, 9.17) is 34.3 Å². The summed E-state index contributed by atoms with van der Waals surface area (Å²) in [5, 5.41) is 5.83. The molecule has 0 spiro atoms. The molecule has 0 radical (unpaired) electrons. The number of ether oxygens (including phenoxy) is 3. The van der Waals surface area contributed by atoms with Gasteiger partial charge in [0.15, 0.2) is 11.6 Å². The van der Waals surface area contributed by atoms with Crippen LogP contribution in [0.15, 0.2) is 36.8 Å². The Morgan fingerprint density at radius 1 is 0.978 bits per heavy atom. The van der Waals surface area contributed by atoms with Gasteiger partial charge in [-0.1, -0.05) is 0 Å². The maximum Gasteiger partial charge on any atom is 0.206 e. The fraction of sp³-hybridized carbons (Fsp3) is 0.469. The highest BCUT2D eigenvalue weighted by atomic mass is 16.5. The molecule has 45 heavy (non-hydrogen) atoms. The fourth-order valence-corrected chi connectivity index (χ4v) is 7.57. The quantitative estimate of drug-likeness (QED) is 0.294. The van der Waals surface area contributed by atoms with Crippen LogP contribution < -0.4 is 14.5 Å². The van der Waals surface area contributed by atoms with Crippen molar-refractivity contribution in [2.45, 2.75) is 31.5 Å². The van der Waals surface area contributed by atoms with Crippen LogP contribution in [0.25, 0.3) is 39.0 Å². The molecular weight excluding hydrogens is 572 g/mol. The molecule has 4 aliphatic heterocycles. The van der Waals surface area contributed by atoms with E-state index in [1.165, 1.54) is 0 Å². The van der Waals surface area contributed by atoms with E-state index in [1.807, 2.05) is 29.9 Å². The minimum absolute atomic E-state index is 0.231.